The fourth-order valence-electron chi connectivity index (χ4n) is 1.42. The van der Waals surface area contributed by atoms with Crippen molar-refractivity contribution in [3.05, 3.63) is 29.6 Å². The molecule has 3 aromatic rings. The van der Waals surface area contributed by atoms with Gasteiger partial charge >= 0.3 is 0 Å². The van der Waals surface area contributed by atoms with Gasteiger partial charge in [-0.25, -0.2) is 4.68 Å². The lowest BCUT2D eigenvalue weighted by atomic mass is 10.7. The number of nitrogens with zero attached hydrogens (tertiary/aromatic N) is 8. The number of hydrogen-bond acceptors (Lipinski definition) is 7. The van der Waals surface area contributed by atoms with Gasteiger partial charge in [0.25, 0.3) is 5.95 Å². The van der Waals surface area contributed by atoms with Crippen molar-refractivity contribution in [2.45, 2.75) is 17.2 Å². The van der Waals surface area contributed by atoms with E-state index in [9.17, 15) is 0 Å². The molecule has 3 aromatic heterocycles. The van der Waals surface area contributed by atoms with Gasteiger partial charge in [0.05, 0.1) is 0 Å². The largest absolute Gasteiger partial charge is 0.309 e. The third kappa shape index (κ3) is 2.49. The number of aromatic nitrogens is 8. The van der Waals surface area contributed by atoms with Crippen LogP contribution in [0.1, 0.15) is 5.82 Å². The molecule has 0 fully saturated rings. The molecule has 0 saturated heterocycles. The lowest BCUT2D eigenvalue weighted by Crippen LogP contribution is -2.05. The Bertz CT molecular complexity index is 738. The van der Waals surface area contributed by atoms with E-state index < -0.39 is 0 Å². The standard InChI is InChI=1S/C10H9ClN8S/c1-6-16-17-10(18(6)2)20-9-14-7(11)13-8(15-9)19-5-3-4-12-19/h3-5H,1-2H3. The smallest absolute Gasteiger partial charge is 0.255 e. The fraction of sp³-hybridized carbons (Fsp3) is 0.200. The average molecular weight is 309 g/mol. The zero-order valence-corrected chi connectivity index (χ0v) is 12.2. The van der Waals surface area contributed by atoms with Crippen molar-refractivity contribution in [1.29, 1.82) is 0 Å². The van der Waals surface area contributed by atoms with E-state index in [0.29, 0.717) is 16.3 Å². The summed E-state index contributed by atoms with van der Waals surface area (Å²) in [4.78, 5) is 12.4. The first-order valence-corrected chi connectivity index (χ1v) is 6.78. The molecule has 8 nitrogen and oxygen atoms in total. The summed E-state index contributed by atoms with van der Waals surface area (Å²) < 4.78 is 3.36. The Morgan fingerprint density at radius 1 is 1.20 bits per heavy atom. The van der Waals surface area contributed by atoms with E-state index >= 15 is 0 Å². The summed E-state index contributed by atoms with van der Waals surface area (Å²) in [7, 11) is 1.87. The van der Waals surface area contributed by atoms with Crippen LogP contribution in [0, 0.1) is 6.92 Å². The van der Waals surface area contributed by atoms with E-state index in [0.717, 1.165) is 5.82 Å². The van der Waals surface area contributed by atoms with Crippen LogP contribution in [0.4, 0.5) is 0 Å². The molecule has 3 heterocycles. The molecule has 0 bridgehead atoms. The van der Waals surface area contributed by atoms with Crippen molar-refractivity contribution < 1.29 is 0 Å². The minimum atomic E-state index is 0.104. The highest BCUT2D eigenvalue weighted by Gasteiger charge is 2.12. The van der Waals surface area contributed by atoms with Crippen molar-refractivity contribution in [3.63, 3.8) is 0 Å². The van der Waals surface area contributed by atoms with Crippen molar-refractivity contribution >= 4 is 23.4 Å². The lowest BCUT2D eigenvalue weighted by Gasteiger charge is -2.03. The van der Waals surface area contributed by atoms with Crippen LogP contribution in [0.3, 0.4) is 0 Å². The van der Waals surface area contributed by atoms with Gasteiger partial charge in [-0.3, -0.25) is 0 Å². The Hall–Kier alpha value is -2.00. The molecule has 20 heavy (non-hydrogen) atoms. The zero-order chi connectivity index (χ0) is 14.1. The first kappa shape index (κ1) is 13.0. The quantitative estimate of drug-likeness (QED) is 0.720. The summed E-state index contributed by atoms with van der Waals surface area (Å²) >= 11 is 7.18. The number of hydrogen-bond donors (Lipinski definition) is 0. The van der Waals surface area contributed by atoms with Gasteiger partial charge in [-0.15, -0.1) is 10.2 Å². The average Bonchev–Trinajstić information content (AvgIpc) is 3.04. The molecule has 0 saturated carbocycles. The second-order valence-corrected chi connectivity index (χ2v) is 5.10. The molecule has 3 rings (SSSR count). The topological polar surface area (TPSA) is 87.2 Å². The molecule has 0 N–H and O–H groups in total. The van der Waals surface area contributed by atoms with Gasteiger partial charge in [0, 0.05) is 19.4 Å². The Morgan fingerprint density at radius 2 is 2.05 bits per heavy atom. The van der Waals surface area contributed by atoms with E-state index in [-0.39, 0.29) is 5.28 Å². The van der Waals surface area contributed by atoms with Crippen LogP contribution in [-0.4, -0.2) is 39.5 Å². The molecular weight excluding hydrogens is 300 g/mol. The normalized spacial score (nSPS) is 10.9. The van der Waals surface area contributed by atoms with Crippen molar-refractivity contribution in [3.8, 4) is 5.95 Å². The van der Waals surface area contributed by atoms with Crippen LogP contribution < -0.4 is 0 Å². The van der Waals surface area contributed by atoms with Gasteiger partial charge in [-0.2, -0.15) is 20.1 Å². The third-order valence-corrected chi connectivity index (χ3v) is 3.59. The molecule has 0 atom stereocenters. The molecule has 102 valence electrons. The summed E-state index contributed by atoms with van der Waals surface area (Å²) in [6, 6.07) is 1.77. The maximum Gasteiger partial charge on any atom is 0.255 e. The molecule has 0 aliphatic heterocycles. The molecule has 0 spiro atoms. The van der Waals surface area contributed by atoms with Crippen LogP contribution in [0.2, 0.25) is 5.28 Å². The minimum Gasteiger partial charge on any atom is -0.309 e. The second kappa shape index (κ2) is 5.17. The first-order chi connectivity index (χ1) is 9.63. The van der Waals surface area contributed by atoms with Crippen LogP contribution in [-0.2, 0) is 7.05 Å². The monoisotopic (exact) mass is 308 g/mol. The molecular formula is C10H9ClN8S. The summed E-state index contributed by atoms with van der Waals surface area (Å²) in [5.41, 5.74) is 0. The Morgan fingerprint density at radius 3 is 2.70 bits per heavy atom. The van der Waals surface area contributed by atoms with Crippen molar-refractivity contribution in [2.24, 2.45) is 7.05 Å². The van der Waals surface area contributed by atoms with E-state index in [1.165, 1.54) is 16.4 Å². The highest BCUT2D eigenvalue weighted by Crippen LogP contribution is 2.23. The fourth-order valence-corrected chi connectivity index (χ4v) is 2.39. The van der Waals surface area contributed by atoms with E-state index in [1.54, 1.807) is 18.5 Å². The Labute approximate surface area is 123 Å². The van der Waals surface area contributed by atoms with Crippen LogP contribution in [0.25, 0.3) is 5.95 Å². The molecule has 10 heteroatoms. The van der Waals surface area contributed by atoms with Gasteiger partial charge in [-0.05, 0) is 36.4 Å². The van der Waals surface area contributed by atoms with Gasteiger partial charge in [0.1, 0.15) is 5.82 Å². The number of aryl methyl sites for hydroxylation is 1. The molecule has 0 unspecified atom stereocenters. The molecule has 0 aromatic carbocycles. The lowest BCUT2D eigenvalue weighted by molar-refractivity contribution is 0.744. The molecule has 0 aliphatic rings. The van der Waals surface area contributed by atoms with E-state index in [4.69, 9.17) is 11.6 Å². The molecule has 0 aliphatic carbocycles. The van der Waals surface area contributed by atoms with Gasteiger partial charge in [-0.1, -0.05) is 0 Å². The summed E-state index contributed by atoms with van der Waals surface area (Å²) in [5.74, 6) is 1.16. The van der Waals surface area contributed by atoms with Crippen molar-refractivity contribution in [1.82, 2.24) is 39.5 Å². The van der Waals surface area contributed by atoms with Crippen LogP contribution in [0.5, 0.6) is 0 Å². The van der Waals surface area contributed by atoms with E-state index in [1.807, 2.05) is 18.5 Å². The summed E-state index contributed by atoms with van der Waals surface area (Å²) in [6.45, 7) is 1.87. The van der Waals surface area contributed by atoms with Gasteiger partial charge in [0.15, 0.2) is 5.16 Å². The summed E-state index contributed by atoms with van der Waals surface area (Å²) in [6.07, 6.45) is 3.36. The molecule has 0 radical (unpaired) electrons. The maximum absolute atomic E-state index is 5.92. The SMILES string of the molecule is Cc1nnc(Sc2nc(Cl)nc(-n3cccn3)n2)n1C. The highest BCUT2D eigenvalue weighted by molar-refractivity contribution is 7.99. The highest BCUT2D eigenvalue weighted by atomic mass is 35.5. The van der Waals surface area contributed by atoms with Crippen LogP contribution >= 0.6 is 23.4 Å². The number of halogens is 1. The zero-order valence-electron chi connectivity index (χ0n) is 10.6. The predicted molar refractivity (Wildman–Crippen MR) is 71.8 cm³/mol. The maximum atomic E-state index is 5.92. The predicted octanol–water partition coefficient (Wildman–Crippen LogP) is 1.30. The Kier molecular flexibility index (Phi) is 3.36. The third-order valence-electron chi connectivity index (χ3n) is 2.52. The van der Waals surface area contributed by atoms with E-state index in [2.05, 4.69) is 30.2 Å². The minimum absolute atomic E-state index is 0.104. The van der Waals surface area contributed by atoms with Crippen LogP contribution in [0.15, 0.2) is 28.8 Å². The van der Waals surface area contributed by atoms with Gasteiger partial charge in [0.2, 0.25) is 10.4 Å². The first-order valence-electron chi connectivity index (χ1n) is 5.59. The number of rotatable bonds is 3. The summed E-state index contributed by atoms with van der Waals surface area (Å²) in [5, 5.41) is 13.3. The molecule has 0 amide bonds. The van der Waals surface area contributed by atoms with Crippen molar-refractivity contribution in [2.75, 3.05) is 0 Å². The Balaban J connectivity index is 1.96. The van der Waals surface area contributed by atoms with Gasteiger partial charge < -0.3 is 4.57 Å². The second-order valence-electron chi connectivity index (χ2n) is 3.83.